The summed E-state index contributed by atoms with van der Waals surface area (Å²) in [7, 11) is 3.10. The van der Waals surface area contributed by atoms with Crippen molar-refractivity contribution < 1.29 is 14.3 Å². The van der Waals surface area contributed by atoms with Crippen molar-refractivity contribution in [2.45, 2.75) is 6.92 Å². The predicted molar refractivity (Wildman–Crippen MR) is 58.8 cm³/mol. The number of carbonyl (C=O) groups is 1. The van der Waals surface area contributed by atoms with Crippen LogP contribution in [0.5, 0.6) is 11.5 Å². The quantitative estimate of drug-likeness (QED) is 0.560. The van der Waals surface area contributed by atoms with Crippen molar-refractivity contribution in [2.24, 2.45) is 0 Å². The van der Waals surface area contributed by atoms with Gasteiger partial charge in [-0.05, 0) is 30.7 Å². The van der Waals surface area contributed by atoms with Crippen molar-refractivity contribution in [1.29, 1.82) is 0 Å². The molecule has 1 rings (SSSR count). The number of hydrogen-bond acceptors (Lipinski definition) is 3. The second-order valence-electron chi connectivity index (χ2n) is 3.09. The van der Waals surface area contributed by atoms with Crippen molar-refractivity contribution in [3.8, 4) is 11.5 Å². The van der Waals surface area contributed by atoms with Crippen LogP contribution in [0.25, 0.3) is 0 Å². The molecule has 0 heterocycles. The molecule has 0 saturated carbocycles. The molecule has 0 aromatic heterocycles. The maximum Gasteiger partial charge on any atom is 0.185 e. The fraction of sp³-hybridized carbons (Fsp3) is 0.250. The van der Waals surface area contributed by atoms with Crippen molar-refractivity contribution in [3.63, 3.8) is 0 Å². The van der Waals surface area contributed by atoms with Gasteiger partial charge in [0, 0.05) is 5.56 Å². The Morgan fingerprint density at radius 3 is 2.27 bits per heavy atom. The summed E-state index contributed by atoms with van der Waals surface area (Å²) in [6.07, 6.45) is 1.29. The van der Waals surface area contributed by atoms with E-state index >= 15 is 0 Å². The first-order valence-corrected chi connectivity index (χ1v) is 4.53. The minimum Gasteiger partial charge on any atom is -0.493 e. The first-order chi connectivity index (χ1) is 7.13. The van der Waals surface area contributed by atoms with Crippen LogP contribution in [0.2, 0.25) is 0 Å². The standard InChI is InChI=1S/C12H14O3/c1-5-10(13)9-7-12(15-4)11(14-3)6-8(9)2/h5-7H,1H2,2-4H3. The molecule has 0 aliphatic rings. The molecule has 0 bridgehead atoms. The molecule has 0 N–H and O–H groups in total. The molecular weight excluding hydrogens is 192 g/mol. The lowest BCUT2D eigenvalue weighted by molar-refractivity contribution is 0.104. The van der Waals surface area contributed by atoms with Gasteiger partial charge >= 0.3 is 0 Å². The Morgan fingerprint density at radius 1 is 1.27 bits per heavy atom. The van der Waals surface area contributed by atoms with E-state index in [4.69, 9.17) is 9.47 Å². The molecule has 80 valence electrons. The molecule has 1 aromatic rings. The Morgan fingerprint density at radius 2 is 1.80 bits per heavy atom. The summed E-state index contributed by atoms with van der Waals surface area (Å²) in [6.45, 7) is 5.30. The summed E-state index contributed by atoms with van der Waals surface area (Å²) in [6, 6.07) is 3.44. The maximum absolute atomic E-state index is 11.5. The van der Waals surface area contributed by atoms with Crippen LogP contribution in [-0.2, 0) is 0 Å². The van der Waals surface area contributed by atoms with Crippen LogP contribution in [0.3, 0.4) is 0 Å². The van der Waals surface area contributed by atoms with Gasteiger partial charge < -0.3 is 9.47 Å². The molecule has 3 nitrogen and oxygen atoms in total. The zero-order valence-corrected chi connectivity index (χ0v) is 9.16. The second kappa shape index (κ2) is 4.64. The van der Waals surface area contributed by atoms with Crippen molar-refractivity contribution in [2.75, 3.05) is 14.2 Å². The highest BCUT2D eigenvalue weighted by molar-refractivity contribution is 6.05. The summed E-state index contributed by atoms with van der Waals surface area (Å²) in [5.74, 6) is 1.05. The normalized spacial score (nSPS) is 9.53. The Labute approximate surface area is 89.3 Å². The van der Waals surface area contributed by atoms with Crippen LogP contribution in [0.4, 0.5) is 0 Å². The van der Waals surface area contributed by atoms with Crippen LogP contribution < -0.4 is 9.47 Å². The Bertz CT molecular complexity index is 394. The van der Waals surface area contributed by atoms with Crippen molar-refractivity contribution in [1.82, 2.24) is 0 Å². The second-order valence-corrected chi connectivity index (χ2v) is 3.09. The summed E-state index contributed by atoms with van der Waals surface area (Å²) >= 11 is 0. The zero-order chi connectivity index (χ0) is 11.4. The number of aryl methyl sites for hydroxylation is 1. The number of ketones is 1. The van der Waals surface area contributed by atoms with Crippen LogP contribution in [0.15, 0.2) is 24.8 Å². The van der Waals surface area contributed by atoms with Crippen LogP contribution in [0, 0.1) is 6.92 Å². The molecular formula is C12H14O3. The summed E-state index contributed by atoms with van der Waals surface area (Å²) in [5, 5.41) is 0. The van der Waals surface area contributed by atoms with Gasteiger partial charge in [-0.1, -0.05) is 6.58 Å². The number of ether oxygens (including phenoxy) is 2. The average Bonchev–Trinajstić information content (AvgIpc) is 2.27. The lowest BCUT2D eigenvalue weighted by atomic mass is 10.0. The number of rotatable bonds is 4. The maximum atomic E-state index is 11.5. The molecule has 0 aliphatic carbocycles. The van der Waals surface area contributed by atoms with Gasteiger partial charge in [-0.25, -0.2) is 0 Å². The highest BCUT2D eigenvalue weighted by atomic mass is 16.5. The third kappa shape index (κ3) is 2.18. The minimum atomic E-state index is -0.117. The third-order valence-corrected chi connectivity index (χ3v) is 2.18. The van der Waals surface area contributed by atoms with Crippen LogP contribution in [-0.4, -0.2) is 20.0 Å². The predicted octanol–water partition coefficient (Wildman–Crippen LogP) is 2.38. The van der Waals surface area contributed by atoms with E-state index in [2.05, 4.69) is 6.58 Å². The molecule has 1 aromatic carbocycles. The molecule has 0 fully saturated rings. The number of hydrogen-bond donors (Lipinski definition) is 0. The van der Waals surface area contributed by atoms with E-state index in [1.807, 2.05) is 6.92 Å². The topological polar surface area (TPSA) is 35.5 Å². The Balaban J connectivity index is 3.31. The summed E-state index contributed by atoms with van der Waals surface area (Å²) in [5.41, 5.74) is 1.43. The third-order valence-electron chi connectivity index (χ3n) is 2.18. The van der Waals surface area contributed by atoms with Gasteiger partial charge in [0.1, 0.15) is 0 Å². The molecule has 0 aliphatic heterocycles. The monoisotopic (exact) mass is 206 g/mol. The average molecular weight is 206 g/mol. The number of allylic oxidation sites excluding steroid dienone is 1. The van der Waals surface area contributed by atoms with Gasteiger partial charge in [-0.3, -0.25) is 4.79 Å². The van der Waals surface area contributed by atoms with E-state index < -0.39 is 0 Å². The number of methoxy groups -OCH3 is 2. The van der Waals surface area contributed by atoms with E-state index in [0.717, 1.165) is 5.56 Å². The smallest absolute Gasteiger partial charge is 0.185 e. The van der Waals surface area contributed by atoms with Gasteiger partial charge in [-0.15, -0.1) is 0 Å². The van der Waals surface area contributed by atoms with Crippen molar-refractivity contribution in [3.05, 3.63) is 35.9 Å². The van der Waals surface area contributed by atoms with E-state index in [1.165, 1.54) is 13.2 Å². The summed E-state index contributed by atoms with van der Waals surface area (Å²) in [4.78, 5) is 11.5. The van der Waals surface area contributed by atoms with Gasteiger partial charge in [0.15, 0.2) is 17.3 Å². The number of benzene rings is 1. The van der Waals surface area contributed by atoms with Crippen molar-refractivity contribution >= 4 is 5.78 Å². The van der Waals surface area contributed by atoms with Gasteiger partial charge in [0.2, 0.25) is 0 Å². The van der Waals surface area contributed by atoms with Gasteiger partial charge in [-0.2, -0.15) is 0 Å². The van der Waals surface area contributed by atoms with E-state index in [-0.39, 0.29) is 5.78 Å². The first kappa shape index (κ1) is 11.3. The van der Waals surface area contributed by atoms with Crippen LogP contribution in [0.1, 0.15) is 15.9 Å². The first-order valence-electron chi connectivity index (χ1n) is 4.53. The lowest BCUT2D eigenvalue weighted by Gasteiger charge is -2.10. The molecule has 0 radical (unpaired) electrons. The molecule has 0 unspecified atom stereocenters. The lowest BCUT2D eigenvalue weighted by Crippen LogP contribution is -2.00. The zero-order valence-electron chi connectivity index (χ0n) is 9.16. The fourth-order valence-corrected chi connectivity index (χ4v) is 1.36. The van der Waals surface area contributed by atoms with E-state index in [0.29, 0.717) is 17.1 Å². The molecule has 0 atom stereocenters. The molecule has 0 spiro atoms. The fourth-order valence-electron chi connectivity index (χ4n) is 1.36. The molecule has 15 heavy (non-hydrogen) atoms. The largest absolute Gasteiger partial charge is 0.493 e. The highest BCUT2D eigenvalue weighted by Crippen LogP contribution is 2.30. The Kier molecular flexibility index (Phi) is 3.50. The van der Waals surface area contributed by atoms with E-state index in [9.17, 15) is 4.79 Å². The van der Waals surface area contributed by atoms with Gasteiger partial charge in [0.05, 0.1) is 14.2 Å². The van der Waals surface area contributed by atoms with Crippen LogP contribution >= 0.6 is 0 Å². The van der Waals surface area contributed by atoms with E-state index in [1.54, 1.807) is 19.2 Å². The molecule has 0 saturated heterocycles. The Hall–Kier alpha value is -1.77. The highest BCUT2D eigenvalue weighted by Gasteiger charge is 2.11. The summed E-state index contributed by atoms with van der Waals surface area (Å²) < 4.78 is 10.2. The molecule has 3 heteroatoms. The molecule has 0 amide bonds. The SMILES string of the molecule is C=CC(=O)c1cc(OC)c(OC)cc1C. The minimum absolute atomic E-state index is 0.117. The number of carbonyl (C=O) groups excluding carboxylic acids is 1. The van der Waals surface area contributed by atoms with Gasteiger partial charge in [0.25, 0.3) is 0 Å².